The molecule has 6 nitrogen and oxygen atoms in total. The van der Waals surface area contributed by atoms with Gasteiger partial charge in [0.2, 0.25) is 0 Å². The van der Waals surface area contributed by atoms with Crippen molar-refractivity contribution in [1.29, 1.82) is 0 Å². The van der Waals surface area contributed by atoms with Gasteiger partial charge in [-0.05, 0) is 13.3 Å². The van der Waals surface area contributed by atoms with Gasteiger partial charge in [-0.3, -0.25) is 4.68 Å². The van der Waals surface area contributed by atoms with E-state index < -0.39 is 5.97 Å². The molecule has 0 spiro atoms. The fourth-order valence-corrected chi connectivity index (χ4v) is 2.22. The number of hydrogen-bond acceptors (Lipinski definition) is 4. The van der Waals surface area contributed by atoms with Crippen LogP contribution in [0.4, 0.5) is 5.82 Å². The summed E-state index contributed by atoms with van der Waals surface area (Å²) in [7, 11) is 1.78. The van der Waals surface area contributed by atoms with Crippen molar-refractivity contribution in [3.05, 3.63) is 11.3 Å². The van der Waals surface area contributed by atoms with Gasteiger partial charge in [-0.1, -0.05) is 0 Å². The van der Waals surface area contributed by atoms with Gasteiger partial charge in [0, 0.05) is 26.7 Å². The highest BCUT2D eigenvalue weighted by Crippen LogP contribution is 2.24. The highest BCUT2D eigenvalue weighted by atomic mass is 16.5. The second kappa shape index (κ2) is 4.75. The van der Waals surface area contributed by atoms with Crippen LogP contribution >= 0.6 is 0 Å². The van der Waals surface area contributed by atoms with E-state index in [1.807, 2.05) is 4.90 Å². The molecule has 0 atom stereocenters. The minimum Gasteiger partial charge on any atom is -0.477 e. The molecule has 1 aromatic rings. The molecule has 0 aliphatic carbocycles. The fraction of sp³-hybridized carbons (Fsp3) is 0.636. The number of aromatic nitrogens is 2. The van der Waals surface area contributed by atoms with Gasteiger partial charge in [0.25, 0.3) is 0 Å². The number of nitrogens with zero attached hydrogens (tertiary/aromatic N) is 3. The second-order valence-corrected chi connectivity index (χ2v) is 4.17. The standard InChI is InChI=1S/C11H17N3O3/c1-8-9(11(15)16)10(13(2)12-8)14-4-3-6-17-7-5-14/h3-7H2,1-2H3,(H,15,16). The smallest absolute Gasteiger partial charge is 0.341 e. The summed E-state index contributed by atoms with van der Waals surface area (Å²) in [6, 6.07) is 0. The van der Waals surface area contributed by atoms with Crippen LogP contribution in [0.2, 0.25) is 0 Å². The lowest BCUT2D eigenvalue weighted by molar-refractivity contribution is 0.0696. The van der Waals surface area contributed by atoms with E-state index in [-0.39, 0.29) is 0 Å². The van der Waals surface area contributed by atoms with Crippen molar-refractivity contribution in [2.24, 2.45) is 7.05 Å². The largest absolute Gasteiger partial charge is 0.477 e. The van der Waals surface area contributed by atoms with E-state index in [2.05, 4.69) is 5.10 Å². The van der Waals surface area contributed by atoms with E-state index in [1.54, 1.807) is 18.7 Å². The molecule has 0 amide bonds. The van der Waals surface area contributed by atoms with Gasteiger partial charge in [-0.2, -0.15) is 5.10 Å². The Morgan fingerprint density at radius 1 is 1.41 bits per heavy atom. The molecular weight excluding hydrogens is 222 g/mol. The summed E-state index contributed by atoms with van der Waals surface area (Å²) in [5, 5.41) is 13.4. The molecule has 2 rings (SSSR count). The van der Waals surface area contributed by atoms with E-state index >= 15 is 0 Å². The average Bonchev–Trinajstić information content (AvgIpc) is 2.47. The molecule has 0 radical (unpaired) electrons. The Balaban J connectivity index is 2.38. The van der Waals surface area contributed by atoms with E-state index in [0.717, 1.165) is 19.6 Å². The first-order valence-corrected chi connectivity index (χ1v) is 5.71. The van der Waals surface area contributed by atoms with Gasteiger partial charge < -0.3 is 14.7 Å². The molecule has 0 saturated carbocycles. The first-order valence-electron chi connectivity index (χ1n) is 5.71. The number of ether oxygens (including phenoxy) is 1. The normalized spacial score (nSPS) is 16.9. The predicted octanol–water partition coefficient (Wildman–Crippen LogP) is 0.653. The molecule has 1 saturated heterocycles. The summed E-state index contributed by atoms with van der Waals surface area (Å²) in [5.74, 6) is -0.240. The second-order valence-electron chi connectivity index (χ2n) is 4.17. The third-order valence-electron chi connectivity index (χ3n) is 2.93. The molecule has 0 aromatic carbocycles. The summed E-state index contributed by atoms with van der Waals surface area (Å²) >= 11 is 0. The molecule has 17 heavy (non-hydrogen) atoms. The molecule has 2 heterocycles. The van der Waals surface area contributed by atoms with Crippen LogP contribution in [0, 0.1) is 6.92 Å². The highest BCUT2D eigenvalue weighted by Gasteiger charge is 2.24. The molecular formula is C11H17N3O3. The Bertz CT molecular complexity index is 420. The van der Waals surface area contributed by atoms with Crippen LogP contribution in [0.15, 0.2) is 0 Å². The zero-order chi connectivity index (χ0) is 12.4. The Labute approximate surface area is 99.8 Å². The van der Waals surface area contributed by atoms with Crippen LogP contribution in [0.1, 0.15) is 22.5 Å². The summed E-state index contributed by atoms with van der Waals surface area (Å²) in [4.78, 5) is 13.3. The number of carboxylic acid groups (broad SMARTS) is 1. The van der Waals surface area contributed by atoms with Crippen molar-refractivity contribution in [2.75, 3.05) is 31.2 Å². The molecule has 94 valence electrons. The van der Waals surface area contributed by atoms with E-state index in [1.165, 1.54) is 0 Å². The van der Waals surface area contributed by atoms with Gasteiger partial charge in [0.15, 0.2) is 0 Å². The van der Waals surface area contributed by atoms with Crippen molar-refractivity contribution >= 4 is 11.8 Å². The van der Waals surface area contributed by atoms with Crippen molar-refractivity contribution in [1.82, 2.24) is 9.78 Å². The summed E-state index contributed by atoms with van der Waals surface area (Å²) in [6.07, 6.45) is 0.906. The molecule has 1 fully saturated rings. The monoisotopic (exact) mass is 239 g/mol. The molecule has 0 unspecified atom stereocenters. The Hall–Kier alpha value is -1.56. The number of aromatic carboxylic acids is 1. The lowest BCUT2D eigenvalue weighted by atomic mass is 10.2. The SMILES string of the molecule is Cc1nn(C)c(N2CCCOCC2)c1C(=O)O. The van der Waals surface area contributed by atoms with Crippen molar-refractivity contribution in [2.45, 2.75) is 13.3 Å². The number of hydrogen-bond donors (Lipinski definition) is 1. The number of aryl methyl sites for hydroxylation is 2. The quantitative estimate of drug-likeness (QED) is 0.821. The van der Waals surface area contributed by atoms with Crippen molar-refractivity contribution in [3.8, 4) is 0 Å². The van der Waals surface area contributed by atoms with E-state index in [4.69, 9.17) is 4.74 Å². The minimum absolute atomic E-state index is 0.300. The van der Waals surface area contributed by atoms with Gasteiger partial charge in [0.1, 0.15) is 11.4 Å². The maximum Gasteiger partial charge on any atom is 0.341 e. The Morgan fingerprint density at radius 3 is 2.88 bits per heavy atom. The maximum atomic E-state index is 11.3. The van der Waals surface area contributed by atoms with Crippen molar-refractivity contribution < 1.29 is 14.6 Å². The highest BCUT2D eigenvalue weighted by molar-refractivity contribution is 5.94. The molecule has 1 N–H and O–H groups in total. The van der Waals surface area contributed by atoms with Gasteiger partial charge in [-0.15, -0.1) is 0 Å². The third kappa shape index (κ3) is 2.26. The van der Waals surface area contributed by atoms with Gasteiger partial charge >= 0.3 is 5.97 Å². The number of carboxylic acids is 1. The first kappa shape index (κ1) is 11.9. The van der Waals surface area contributed by atoms with Crippen LogP contribution < -0.4 is 4.90 Å². The zero-order valence-corrected chi connectivity index (χ0v) is 10.1. The minimum atomic E-state index is -0.921. The summed E-state index contributed by atoms with van der Waals surface area (Å²) in [6.45, 7) is 4.60. The lowest BCUT2D eigenvalue weighted by Gasteiger charge is -2.22. The van der Waals surface area contributed by atoms with Crippen LogP contribution in [-0.4, -0.2) is 47.2 Å². The molecule has 0 bridgehead atoms. The van der Waals surface area contributed by atoms with Crippen LogP contribution in [0.3, 0.4) is 0 Å². The zero-order valence-electron chi connectivity index (χ0n) is 10.1. The van der Waals surface area contributed by atoms with Crippen LogP contribution in [0.5, 0.6) is 0 Å². The maximum absolute atomic E-state index is 11.3. The Kier molecular flexibility index (Phi) is 3.33. The number of carbonyl (C=O) groups is 1. The number of rotatable bonds is 2. The topological polar surface area (TPSA) is 67.6 Å². The molecule has 1 aromatic heterocycles. The third-order valence-corrected chi connectivity index (χ3v) is 2.93. The van der Waals surface area contributed by atoms with Crippen LogP contribution in [-0.2, 0) is 11.8 Å². The van der Waals surface area contributed by atoms with Gasteiger partial charge in [-0.25, -0.2) is 4.79 Å². The summed E-state index contributed by atoms with van der Waals surface area (Å²) < 4.78 is 7.02. The summed E-state index contributed by atoms with van der Waals surface area (Å²) in [5.41, 5.74) is 0.856. The van der Waals surface area contributed by atoms with E-state index in [0.29, 0.717) is 30.2 Å². The van der Waals surface area contributed by atoms with Gasteiger partial charge in [0.05, 0.1) is 12.3 Å². The molecule has 6 heteroatoms. The predicted molar refractivity (Wildman–Crippen MR) is 62.6 cm³/mol. The van der Waals surface area contributed by atoms with Crippen LogP contribution in [0.25, 0.3) is 0 Å². The molecule has 1 aliphatic heterocycles. The molecule has 1 aliphatic rings. The van der Waals surface area contributed by atoms with E-state index in [9.17, 15) is 9.90 Å². The number of anilines is 1. The van der Waals surface area contributed by atoms with Crippen molar-refractivity contribution in [3.63, 3.8) is 0 Å². The Morgan fingerprint density at radius 2 is 2.18 bits per heavy atom. The fourth-order valence-electron chi connectivity index (χ4n) is 2.22. The average molecular weight is 239 g/mol. The lowest BCUT2D eigenvalue weighted by Crippen LogP contribution is -2.29. The first-order chi connectivity index (χ1) is 8.11.